The summed E-state index contributed by atoms with van der Waals surface area (Å²) >= 11 is 0. The molecule has 0 bridgehead atoms. The summed E-state index contributed by atoms with van der Waals surface area (Å²) in [5.74, 6) is 0.114. The molecule has 4 unspecified atom stereocenters. The van der Waals surface area contributed by atoms with Crippen molar-refractivity contribution in [3.05, 3.63) is 30.3 Å². The summed E-state index contributed by atoms with van der Waals surface area (Å²) in [6.45, 7) is 1.83. The summed E-state index contributed by atoms with van der Waals surface area (Å²) in [6, 6.07) is 9.37. The third-order valence-corrected chi connectivity index (χ3v) is 6.77. The Hall–Kier alpha value is -0.950. The van der Waals surface area contributed by atoms with Crippen molar-refractivity contribution in [2.75, 3.05) is 19.4 Å². The van der Waals surface area contributed by atoms with Gasteiger partial charge >= 0.3 is 0 Å². The van der Waals surface area contributed by atoms with Crippen LogP contribution in [0.4, 0.5) is 0 Å². The lowest BCUT2D eigenvalue weighted by Gasteiger charge is -2.28. The summed E-state index contributed by atoms with van der Waals surface area (Å²) in [7, 11) is -1.08. The van der Waals surface area contributed by atoms with Crippen LogP contribution in [-0.4, -0.2) is 51.5 Å². The Morgan fingerprint density at radius 3 is 2.50 bits per heavy atom. The summed E-state index contributed by atoms with van der Waals surface area (Å²) in [6.07, 6.45) is 2.32. The summed E-state index contributed by atoms with van der Waals surface area (Å²) in [5.41, 5.74) is -1.07. The van der Waals surface area contributed by atoms with Crippen LogP contribution in [-0.2, 0) is 9.73 Å². The Morgan fingerprint density at radius 2 is 1.95 bits per heavy atom. The number of benzene rings is 1. The first-order chi connectivity index (χ1) is 10.4. The molecule has 2 rings (SSSR count). The number of nitrogens with zero attached hydrogens (tertiary/aromatic N) is 1. The van der Waals surface area contributed by atoms with Crippen molar-refractivity contribution >= 4 is 9.73 Å². The van der Waals surface area contributed by atoms with Crippen LogP contribution in [0.15, 0.2) is 39.6 Å². The van der Waals surface area contributed by atoms with Gasteiger partial charge in [0.15, 0.2) is 0 Å². The molecule has 0 spiro atoms. The number of rotatable bonds is 6. The van der Waals surface area contributed by atoms with Gasteiger partial charge in [-0.1, -0.05) is 18.2 Å². The van der Waals surface area contributed by atoms with E-state index in [9.17, 15) is 9.32 Å². The minimum atomic E-state index is -2.63. The average molecular weight is 326 g/mol. The molecular formula is C16H26N2O3S. The highest BCUT2D eigenvalue weighted by Crippen LogP contribution is 2.25. The largest absolute Gasteiger partial charge is 0.395 e. The van der Waals surface area contributed by atoms with Crippen molar-refractivity contribution in [1.82, 2.24) is 5.32 Å². The Morgan fingerprint density at radius 1 is 1.32 bits per heavy atom. The third-order valence-electron chi connectivity index (χ3n) is 4.15. The first-order valence-electron chi connectivity index (χ1n) is 7.66. The maximum atomic E-state index is 13.1. The number of aliphatic hydroxyl groups excluding tert-OH is 1. The van der Waals surface area contributed by atoms with E-state index < -0.39 is 15.3 Å². The van der Waals surface area contributed by atoms with Crippen LogP contribution in [0.25, 0.3) is 0 Å². The van der Waals surface area contributed by atoms with E-state index in [1.54, 1.807) is 26.1 Å². The van der Waals surface area contributed by atoms with Gasteiger partial charge in [-0.05, 0) is 38.3 Å². The molecule has 0 amide bonds. The van der Waals surface area contributed by atoms with E-state index in [1.807, 2.05) is 18.2 Å². The maximum Gasteiger partial charge on any atom is 0.0777 e. The molecule has 1 aliphatic rings. The van der Waals surface area contributed by atoms with Crippen molar-refractivity contribution in [3.8, 4) is 0 Å². The van der Waals surface area contributed by atoms with Crippen LogP contribution >= 0.6 is 0 Å². The standard InChI is InChI=1S/C16H26N2O3S/c1-16(20,10-13-8-9-14(11-19)18-13)12-22(21,17-2)15-6-4-3-5-7-15/h3-7,13-14,18-20H,8-12H2,1-2H3. The van der Waals surface area contributed by atoms with Crippen molar-refractivity contribution in [2.45, 2.75) is 48.8 Å². The number of nitrogens with one attached hydrogen (secondary N) is 1. The summed E-state index contributed by atoms with van der Waals surface area (Å²) < 4.78 is 17.2. The van der Waals surface area contributed by atoms with Gasteiger partial charge < -0.3 is 15.5 Å². The average Bonchev–Trinajstić information content (AvgIpc) is 2.94. The molecule has 1 saturated heterocycles. The molecule has 3 N–H and O–H groups in total. The van der Waals surface area contributed by atoms with E-state index in [0.29, 0.717) is 11.3 Å². The van der Waals surface area contributed by atoms with Crippen molar-refractivity contribution in [2.24, 2.45) is 4.36 Å². The monoisotopic (exact) mass is 326 g/mol. The van der Waals surface area contributed by atoms with E-state index in [4.69, 9.17) is 5.11 Å². The summed E-state index contributed by atoms with van der Waals surface area (Å²) in [4.78, 5) is 0.658. The fourth-order valence-corrected chi connectivity index (χ4v) is 5.15. The van der Waals surface area contributed by atoms with E-state index in [-0.39, 0.29) is 24.4 Å². The highest BCUT2D eigenvalue weighted by Gasteiger charge is 2.33. The van der Waals surface area contributed by atoms with Crippen LogP contribution in [0.2, 0.25) is 0 Å². The zero-order valence-corrected chi connectivity index (χ0v) is 14.1. The molecule has 5 nitrogen and oxygen atoms in total. The molecule has 22 heavy (non-hydrogen) atoms. The minimum absolute atomic E-state index is 0.107. The van der Waals surface area contributed by atoms with E-state index in [0.717, 1.165) is 12.8 Å². The molecule has 1 aromatic carbocycles. The van der Waals surface area contributed by atoms with Crippen LogP contribution in [0.1, 0.15) is 26.2 Å². The number of hydrogen-bond donors (Lipinski definition) is 3. The molecule has 1 aromatic rings. The zero-order chi connectivity index (χ0) is 16.2. The summed E-state index contributed by atoms with van der Waals surface area (Å²) in [5, 5.41) is 23.2. The molecule has 4 atom stereocenters. The Balaban J connectivity index is 2.08. The Bertz CT molecular complexity index is 595. The van der Waals surface area contributed by atoms with Crippen LogP contribution in [0.5, 0.6) is 0 Å². The van der Waals surface area contributed by atoms with Gasteiger partial charge in [0.25, 0.3) is 0 Å². The topological polar surface area (TPSA) is 81.9 Å². The molecule has 1 fully saturated rings. The molecule has 6 heteroatoms. The Labute approximate surface area is 132 Å². The molecule has 1 heterocycles. The predicted octanol–water partition coefficient (Wildman–Crippen LogP) is 1.40. The molecule has 0 aliphatic carbocycles. The van der Waals surface area contributed by atoms with Gasteiger partial charge in [-0.15, -0.1) is 0 Å². The van der Waals surface area contributed by atoms with Gasteiger partial charge in [0.05, 0.1) is 27.7 Å². The Kier molecular flexibility index (Phi) is 5.60. The fourth-order valence-electron chi connectivity index (χ4n) is 3.11. The molecule has 124 valence electrons. The number of hydrogen-bond acceptors (Lipinski definition) is 5. The van der Waals surface area contributed by atoms with Gasteiger partial charge in [0, 0.05) is 24.0 Å². The molecule has 1 aliphatic heterocycles. The second kappa shape index (κ2) is 7.08. The molecular weight excluding hydrogens is 300 g/mol. The highest BCUT2D eigenvalue weighted by molar-refractivity contribution is 7.93. The highest BCUT2D eigenvalue weighted by atomic mass is 32.2. The first-order valence-corrected chi connectivity index (χ1v) is 9.34. The quantitative estimate of drug-likeness (QED) is 0.738. The van der Waals surface area contributed by atoms with Crippen LogP contribution < -0.4 is 5.32 Å². The SMILES string of the molecule is CN=S(=O)(CC(C)(O)CC1CCC(CO)N1)c1ccccc1. The van der Waals surface area contributed by atoms with Crippen molar-refractivity contribution in [3.63, 3.8) is 0 Å². The first kappa shape index (κ1) is 17.4. The second-order valence-corrected chi connectivity index (χ2v) is 8.71. The van der Waals surface area contributed by atoms with Crippen molar-refractivity contribution in [1.29, 1.82) is 0 Å². The maximum absolute atomic E-state index is 13.1. The molecule has 0 saturated carbocycles. The smallest absolute Gasteiger partial charge is 0.0777 e. The van der Waals surface area contributed by atoms with E-state index in [2.05, 4.69) is 9.68 Å². The van der Waals surface area contributed by atoms with Crippen molar-refractivity contribution < 1.29 is 14.4 Å². The lowest BCUT2D eigenvalue weighted by Crippen LogP contribution is -2.42. The normalized spacial score (nSPS) is 27.1. The van der Waals surface area contributed by atoms with Crippen LogP contribution in [0.3, 0.4) is 0 Å². The van der Waals surface area contributed by atoms with Gasteiger partial charge in [-0.2, -0.15) is 0 Å². The van der Waals surface area contributed by atoms with E-state index >= 15 is 0 Å². The van der Waals surface area contributed by atoms with Gasteiger partial charge in [-0.3, -0.25) is 0 Å². The van der Waals surface area contributed by atoms with E-state index in [1.165, 1.54) is 0 Å². The molecule has 0 radical (unpaired) electrons. The zero-order valence-electron chi connectivity index (χ0n) is 13.2. The molecule has 0 aromatic heterocycles. The van der Waals surface area contributed by atoms with Gasteiger partial charge in [0.1, 0.15) is 0 Å². The van der Waals surface area contributed by atoms with Gasteiger partial charge in [-0.25, -0.2) is 8.57 Å². The predicted molar refractivity (Wildman–Crippen MR) is 88.3 cm³/mol. The lowest BCUT2D eigenvalue weighted by atomic mass is 9.98. The second-order valence-electron chi connectivity index (χ2n) is 6.30. The van der Waals surface area contributed by atoms with Crippen LogP contribution in [0, 0.1) is 0 Å². The lowest BCUT2D eigenvalue weighted by molar-refractivity contribution is 0.0641. The third kappa shape index (κ3) is 4.29. The van der Waals surface area contributed by atoms with Gasteiger partial charge in [0.2, 0.25) is 0 Å². The minimum Gasteiger partial charge on any atom is -0.395 e. The number of aliphatic hydroxyl groups is 2. The fraction of sp³-hybridized carbons (Fsp3) is 0.625.